The van der Waals surface area contributed by atoms with Gasteiger partial charge in [0.1, 0.15) is 23.9 Å². The summed E-state index contributed by atoms with van der Waals surface area (Å²) in [6.07, 6.45) is 1.93. The van der Waals surface area contributed by atoms with Gasteiger partial charge in [0, 0.05) is 11.0 Å². The summed E-state index contributed by atoms with van der Waals surface area (Å²) >= 11 is 0. The number of carbonyl (C=O) groups is 2. The van der Waals surface area contributed by atoms with Gasteiger partial charge < -0.3 is 18.9 Å². The first-order valence-electron chi connectivity index (χ1n) is 10.2. The molecule has 4 aliphatic heterocycles. The van der Waals surface area contributed by atoms with Gasteiger partial charge in [0.2, 0.25) is 5.78 Å². The molecule has 3 saturated heterocycles. The Morgan fingerprint density at radius 3 is 2.67 bits per heavy atom. The normalized spacial score (nSPS) is 61.3. The van der Waals surface area contributed by atoms with Gasteiger partial charge in [-0.15, -0.1) is 0 Å². The van der Waals surface area contributed by atoms with Crippen LogP contribution in [-0.4, -0.2) is 53.0 Å². The number of epoxide rings is 3. The number of cyclic esters (lactones) is 1. The number of hydrogen-bond donors (Lipinski definition) is 0. The van der Waals surface area contributed by atoms with Crippen molar-refractivity contribution in [3.05, 3.63) is 11.1 Å². The number of Topliss-reactive ketones (excluding diaryl/α,β-unsaturated/α-hetero) is 1. The third-order valence-corrected chi connectivity index (χ3v) is 9.30. The van der Waals surface area contributed by atoms with Crippen LogP contribution in [0.4, 0.5) is 0 Å². The van der Waals surface area contributed by atoms with E-state index in [0.29, 0.717) is 13.0 Å². The maximum absolute atomic E-state index is 13.8. The van der Waals surface area contributed by atoms with E-state index in [1.807, 2.05) is 0 Å². The number of ether oxygens (including phenoxy) is 4. The first-order valence-corrected chi connectivity index (χ1v) is 10.2. The minimum atomic E-state index is -0.869. The molecule has 6 nitrogen and oxygen atoms in total. The van der Waals surface area contributed by atoms with Crippen LogP contribution in [0.15, 0.2) is 11.1 Å². The zero-order valence-corrected chi connectivity index (χ0v) is 16.1. The van der Waals surface area contributed by atoms with Gasteiger partial charge in [-0.25, -0.2) is 4.79 Å². The molecule has 0 amide bonds. The van der Waals surface area contributed by atoms with Gasteiger partial charge in [0.05, 0.1) is 6.10 Å². The third kappa shape index (κ3) is 1.17. The van der Waals surface area contributed by atoms with Crippen molar-refractivity contribution in [2.45, 2.75) is 81.6 Å². The van der Waals surface area contributed by atoms with E-state index in [4.69, 9.17) is 18.9 Å². The molecule has 0 N–H and O–H groups in total. The van der Waals surface area contributed by atoms with Gasteiger partial charge >= 0.3 is 5.97 Å². The summed E-state index contributed by atoms with van der Waals surface area (Å²) in [6.45, 7) is 8.84. The molecule has 0 aromatic carbocycles. The van der Waals surface area contributed by atoms with Crippen LogP contribution in [0.3, 0.4) is 0 Å². The molecule has 8 atom stereocenters. The summed E-state index contributed by atoms with van der Waals surface area (Å²) in [5.74, 6) is 0.198. The molecular weight excluding hydrogens is 348 g/mol. The SMILES string of the molecule is CC(C)[C@]12O[C@H]1[C@]1(C)O[C@@]13[C@@]1(C)CCC4=C(COC4=O)[C@@H]1C[C@@H]1O[C@@]13C2=O. The van der Waals surface area contributed by atoms with Crippen LogP contribution in [0.2, 0.25) is 0 Å². The second-order valence-corrected chi connectivity index (χ2v) is 10.3. The number of fused-ring (bicyclic) bond motifs is 4. The Labute approximate surface area is 157 Å². The predicted octanol–water partition coefficient (Wildman–Crippen LogP) is 1.70. The lowest BCUT2D eigenvalue weighted by Crippen LogP contribution is -2.69. The van der Waals surface area contributed by atoms with Crippen molar-refractivity contribution < 1.29 is 28.5 Å². The molecule has 2 saturated carbocycles. The van der Waals surface area contributed by atoms with E-state index in [-0.39, 0.29) is 41.2 Å². The molecule has 144 valence electrons. The van der Waals surface area contributed by atoms with Crippen molar-refractivity contribution in [1.82, 2.24) is 0 Å². The highest BCUT2D eigenvalue weighted by Gasteiger charge is 3.04. The molecule has 3 aliphatic carbocycles. The largest absolute Gasteiger partial charge is 0.458 e. The molecule has 0 aromatic rings. The second-order valence-electron chi connectivity index (χ2n) is 10.3. The van der Waals surface area contributed by atoms with Crippen molar-refractivity contribution in [2.75, 3.05) is 6.61 Å². The first kappa shape index (κ1) is 15.7. The van der Waals surface area contributed by atoms with Crippen molar-refractivity contribution >= 4 is 11.8 Å². The molecule has 5 fully saturated rings. The monoisotopic (exact) mass is 372 g/mol. The lowest BCUT2D eigenvalue weighted by molar-refractivity contribution is -0.140. The van der Waals surface area contributed by atoms with E-state index < -0.39 is 22.4 Å². The zero-order valence-electron chi connectivity index (χ0n) is 16.1. The molecule has 7 aliphatic rings. The topological polar surface area (TPSA) is 81.0 Å². The van der Waals surface area contributed by atoms with E-state index >= 15 is 0 Å². The minimum Gasteiger partial charge on any atom is -0.458 e. The Kier molecular flexibility index (Phi) is 2.20. The number of esters is 1. The van der Waals surface area contributed by atoms with E-state index in [1.165, 1.54) is 0 Å². The number of rotatable bonds is 1. The van der Waals surface area contributed by atoms with Crippen LogP contribution in [0.1, 0.15) is 47.0 Å². The Balaban J connectivity index is 1.43. The Hall–Kier alpha value is -1.24. The lowest BCUT2D eigenvalue weighted by Gasteiger charge is -2.52. The summed E-state index contributed by atoms with van der Waals surface area (Å²) < 4.78 is 24.4. The maximum atomic E-state index is 13.8. The Morgan fingerprint density at radius 2 is 1.93 bits per heavy atom. The molecule has 6 heteroatoms. The van der Waals surface area contributed by atoms with Crippen LogP contribution < -0.4 is 0 Å². The Bertz CT molecular complexity index is 906. The molecule has 7 rings (SSSR count). The van der Waals surface area contributed by atoms with Crippen LogP contribution in [0.5, 0.6) is 0 Å². The first-order chi connectivity index (χ1) is 12.7. The van der Waals surface area contributed by atoms with Crippen molar-refractivity contribution in [2.24, 2.45) is 17.3 Å². The average molecular weight is 372 g/mol. The molecule has 27 heavy (non-hydrogen) atoms. The minimum absolute atomic E-state index is 0.0975. The highest BCUT2D eigenvalue weighted by molar-refractivity contribution is 6.05. The summed E-state index contributed by atoms with van der Waals surface area (Å²) in [7, 11) is 0. The van der Waals surface area contributed by atoms with E-state index in [1.54, 1.807) is 0 Å². The fourth-order valence-electron chi connectivity index (χ4n) is 8.01. The molecule has 0 bridgehead atoms. The van der Waals surface area contributed by atoms with E-state index in [2.05, 4.69) is 27.7 Å². The van der Waals surface area contributed by atoms with Gasteiger partial charge in [-0.3, -0.25) is 4.79 Å². The predicted molar refractivity (Wildman–Crippen MR) is 90.7 cm³/mol. The molecule has 0 unspecified atom stereocenters. The van der Waals surface area contributed by atoms with Crippen LogP contribution in [0.25, 0.3) is 0 Å². The van der Waals surface area contributed by atoms with Crippen LogP contribution in [0, 0.1) is 17.3 Å². The van der Waals surface area contributed by atoms with Crippen LogP contribution in [-0.2, 0) is 28.5 Å². The third-order valence-electron chi connectivity index (χ3n) is 9.30. The number of ketones is 1. The standard InChI is InChI=1S/C21H24O6/c1-9(2)19-15(23)20-13(25-20)7-12-11-8-24-14(22)10(11)5-6-17(12,3)21(20)18(4,27-21)16(19)26-19/h9,12-13,16H,5-8H2,1-4H3/t12-,13-,16-,17-,18-,19+,20+,21-/m0/s1. The zero-order chi connectivity index (χ0) is 18.8. The van der Waals surface area contributed by atoms with E-state index in [0.717, 1.165) is 24.0 Å². The molecule has 4 heterocycles. The quantitative estimate of drug-likeness (QED) is 0.515. The Morgan fingerprint density at radius 1 is 1.15 bits per heavy atom. The molecule has 0 radical (unpaired) electrons. The molecular formula is C21H24O6. The van der Waals surface area contributed by atoms with E-state index in [9.17, 15) is 9.59 Å². The molecule has 2 spiro atoms. The fourth-order valence-corrected chi connectivity index (χ4v) is 8.01. The summed E-state index contributed by atoms with van der Waals surface area (Å²) in [5, 5.41) is 0. The highest BCUT2D eigenvalue weighted by Crippen LogP contribution is 2.85. The number of hydrogen-bond acceptors (Lipinski definition) is 6. The average Bonchev–Trinajstić information content (AvgIpc) is 3.51. The highest BCUT2D eigenvalue weighted by atomic mass is 16.7. The maximum Gasteiger partial charge on any atom is 0.334 e. The summed E-state index contributed by atoms with van der Waals surface area (Å²) in [5.41, 5.74) is -1.06. The smallest absolute Gasteiger partial charge is 0.334 e. The summed E-state index contributed by atoms with van der Waals surface area (Å²) in [4.78, 5) is 25.9. The van der Waals surface area contributed by atoms with Gasteiger partial charge in [-0.1, -0.05) is 20.8 Å². The lowest BCUT2D eigenvalue weighted by atomic mass is 9.45. The second kappa shape index (κ2) is 3.79. The summed E-state index contributed by atoms with van der Waals surface area (Å²) in [6, 6.07) is 0. The van der Waals surface area contributed by atoms with Crippen LogP contribution >= 0.6 is 0 Å². The van der Waals surface area contributed by atoms with Crippen molar-refractivity contribution in [3.8, 4) is 0 Å². The van der Waals surface area contributed by atoms with Gasteiger partial charge in [-0.2, -0.15) is 0 Å². The molecule has 0 aromatic heterocycles. The van der Waals surface area contributed by atoms with Crippen molar-refractivity contribution in [1.29, 1.82) is 0 Å². The van der Waals surface area contributed by atoms with Gasteiger partial charge in [0.25, 0.3) is 0 Å². The number of carbonyl (C=O) groups excluding carboxylic acids is 2. The van der Waals surface area contributed by atoms with Gasteiger partial charge in [-0.05, 0) is 43.6 Å². The van der Waals surface area contributed by atoms with Crippen molar-refractivity contribution in [3.63, 3.8) is 0 Å². The fraction of sp³-hybridized carbons (Fsp3) is 0.810. The van der Waals surface area contributed by atoms with Gasteiger partial charge in [0.15, 0.2) is 11.2 Å².